The van der Waals surface area contributed by atoms with Crippen molar-refractivity contribution in [1.82, 2.24) is 0 Å². The summed E-state index contributed by atoms with van der Waals surface area (Å²) in [5, 5.41) is 71.5. The SMILES string of the molecule is C/C=C(\C#CC#CC#N)C/C=C(\C#CC#CC#N)C/C=C(\C#CC#CC#N)C/C=C(\C#CC#CC#N)C(C#CC#CC#CC#N)/C(C#CC#CC#N)=C/C/C(C#CC#CC#N)=C/C/C(C#CC#CC#N)=C/C. The summed E-state index contributed by atoms with van der Waals surface area (Å²) >= 11 is 0. The van der Waals surface area contributed by atoms with Crippen molar-refractivity contribution in [3.05, 3.63) is 81.5 Å². The predicted molar refractivity (Wildman–Crippen MR) is 272 cm³/mol. The first kappa shape index (κ1) is 58.6. The van der Waals surface area contributed by atoms with Gasteiger partial charge in [-0.3, -0.25) is 0 Å². The second kappa shape index (κ2) is 44.2. The van der Waals surface area contributed by atoms with Crippen molar-refractivity contribution in [3.63, 3.8) is 0 Å². The highest BCUT2D eigenvalue weighted by Gasteiger charge is 2.16. The molecule has 0 aromatic rings. The van der Waals surface area contributed by atoms with E-state index in [1.165, 1.54) is 0 Å². The maximum Gasteiger partial charge on any atom is 0.153 e. The van der Waals surface area contributed by atoms with E-state index in [-0.39, 0.29) is 24.8 Å². The van der Waals surface area contributed by atoms with Gasteiger partial charge in [-0.1, -0.05) is 89.9 Å². The Morgan fingerprint density at radius 3 is 0.778 bits per heavy atom. The van der Waals surface area contributed by atoms with Gasteiger partial charge in [0.25, 0.3) is 0 Å². The van der Waals surface area contributed by atoms with Crippen LogP contribution in [0.25, 0.3) is 0 Å². The third kappa shape index (κ3) is 32.3. The summed E-state index contributed by atoms with van der Waals surface area (Å²) in [6.45, 7) is 3.57. The summed E-state index contributed by atoms with van der Waals surface area (Å²) in [5.41, 5.74) is 3.45. The Labute approximate surface area is 423 Å². The van der Waals surface area contributed by atoms with E-state index in [2.05, 4.69) is 201 Å². The molecule has 8 nitrogen and oxygen atoms in total. The molecule has 0 aliphatic rings. The van der Waals surface area contributed by atoms with Crippen LogP contribution >= 0.6 is 0 Å². The molecule has 0 aliphatic carbocycles. The van der Waals surface area contributed by atoms with E-state index in [4.69, 9.17) is 42.1 Å². The van der Waals surface area contributed by atoms with Crippen molar-refractivity contribution in [2.24, 2.45) is 5.92 Å². The molecule has 1 atom stereocenters. The smallest absolute Gasteiger partial charge is 0.153 e. The number of rotatable bonds is 12. The lowest BCUT2D eigenvalue weighted by Gasteiger charge is -2.12. The molecule has 8 heteroatoms. The topological polar surface area (TPSA) is 190 Å². The Balaban J connectivity index is 8.59. The molecule has 320 valence electrons. The molecule has 0 radical (unpaired) electrons. The van der Waals surface area contributed by atoms with Crippen LogP contribution in [0.5, 0.6) is 0 Å². The Morgan fingerprint density at radius 1 is 0.264 bits per heavy atom. The van der Waals surface area contributed by atoms with Crippen molar-refractivity contribution in [3.8, 4) is 250 Å². The van der Waals surface area contributed by atoms with Gasteiger partial charge in [-0.2, -0.15) is 42.1 Å². The second-order valence-corrected chi connectivity index (χ2v) is 11.8. The molecule has 0 N–H and O–H groups in total. The summed E-state index contributed by atoms with van der Waals surface area (Å²) in [6.07, 6.45) is 13.2. The average molecular weight is 905 g/mol. The summed E-state index contributed by atoms with van der Waals surface area (Å²) in [5.74, 6) is 86.2. The van der Waals surface area contributed by atoms with E-state index in [0.29, 0.717) is 46.3 Å². The maximum absolute atomic E-state index is 9.15. The quantitative estimate of drug-likeness (QED) is 0.203. The van der Waals surface area contributed by atoms with E-state index in [9.17, 15) is 0 Å². The monoisotopic (exact) mass is 904 g/mol. The number of allylic oxidation sites excluding steroid dienone is 14. The van der Waals surface area contributed by atoms with Gasteiger partial charge in [0.2, 0.25) is 0 Å². The second-order valence-electron chi connectivity index (χ2n) is 11.8. The molecule has 0 saturated heterocycles. The molecule has 0 fully saturated rings. The molecule has 0 amide bonds. The van der Waals surface area contributed by atoms with Gasteiger partial charge in [0.15, 0.2) is 48.6 Å². The molecule has 0 heterocycles. The van der Waals surface area contributed by atoms with E-state index in [1.54, 1.807) is 105 Å². The summed E-state index contributed by atoms with van der Waals surface area (Å²) in [4.78, 5) is 0. The first-order chi connectivity index (χ1) is 35.4. The Bertz CT molecular complexity index is 3940. The van der Waals surface area contributed by atoms with Gasteiger partial charge in [-0.05, 0) is 99.2 Å². The van der Waals surface area contributed by atoms with Crippen molar-refractivity contribution < 1.29 is 0 Å². The minimum atomic E-state index is -1.02. The van der Waals surface area contributed by atoms with E-state index in [0.717, 1.165) is 0 Å². The summed E-state index contributed by atoms with van der Waals surface area (Å²) in [6, 6.07) is 13.6. The number of nitriles is 8. The van der Waals surface area contributed by atoms with Gasteiger partial charge < -0.3 is 0 Å². The molecule has 0 saturated carbocycles. The third-order valence-electron chi connectivity index (χ3n) is 7.43. The molecule has 0 rings (SSSR count). The van der Waals surface area contributed by atoms with Gasteiger partial charge in [-0.25, -0.2) is 0 Å². The van der Waals surface area contributed by atoms with Gasteiger partial charge >= 0.3 is 0 Å². The van der Waals surface area contributed by atoms with Crippen LogP contribution < -0.4 is 0 Å². The zero-order valence-corrected chi connectivity index (χ0v) is 38.2. The van der Waals surface area contributed by atoms with E-state index < -0.39 is 5.92 Å². The highest BCUT2D eigenvalue weighted by molar-refractivity contribution is 5.56. The highest BCUT2D eigenvalue weighted by Crippen LogP contribution is 2.24. The number of hydrogen-bond donors (Lipinski definition) is 0. The Kier molecular flexibility index (Phi) is 36.0. The number of nitrogens with zero attached hydrogens (tertiary/aromatic N) is 8. The van der Waals surface area contributed by atoms with Crippen molar-refractivity contribution >= 4 is 0 Å². The molecule has 1 unspecified atom stereocenters. The van der Waals surface area contributed by atoms with Gasteiger partial charge in [0.05, 0.1) is 5.92 Å². The van der Waals surface area contributed by atoms with Crippen molar-refractivity contribution in [2.75, 3.05) is 0 Å². The van der Waals surface area contributed by atoms with Crippen LogP contribution in [0.1, 0.15) is 46.0 Å². The molecular weight excluding hydrogens is 881 g/mol. The first-order valence-corrected chi connectivity index (χ1v) is 19.9. The Morgan fingerprint density at radius 2 is 0.486 bits per heavy atom. The molecule has 0 spiro atoms. The molecule has 0 bridgehead atoms. The fourth-order valence-corrected chi connectivity index (χ4v) is 4.39. The van der Waals surface area contributed by atoms with Gasteiger partial charge in [0.1, 0.15) is 0 Å². The van der Waals surface area contributed by atoms with Crippen LogP contribution in [0.2, 0.25) is 0 Å². The fourth-order valence-electron chi connectivity index (χ4n) is 4.39. The maximum atomic E-state index is 9.15. The largest absolute Gasteiger partial charge is 0.183 e. The fraction of sp³-hybridized carbons (Fsp3) is 0.125. The lowest BCUT2D eigenvalue weighted by Crippen LogP contribution is -2.05. The van der Waals surface area contributed by atoms with Crippen LogP contribution in [0.4, 0.5) is 0 Å². The van der Waals surface area contributed by atoms with Crippen molar-refractivity contribution in [2.45, 2.75) is 46.0 Å². The normalized spacial score (nSPS) is 9.17. The molecular formula is C64H24N8. The predicted octanol–water partition coefficient (Wildman–Crippen LogP) is 6.32. The van der Waals surface area contributed by atoms with Crippen molar-refractivity contribution in [1.29, 1.82) is 42.1 Å². The highest BCUT2D eigenvalue weighted by atomic mass is 14.2. The van der Waals surface area contributed by atoms with Crippen LogP contribution in [0, 0.1) is 298 Å². The van der Waals surface area contributed by atoms with Crippen LogP contribution in [0.15, 0.2) is 81.5 Å². The third-order valence-corrected chi connectivity index (χ3v) is 7.43. The summed E-state index contributed by atoms with van der Waals surface area (Å²) in [7, 11) is 0. The van der Waals surface area contributed by atoms with Gasteiger partial charge in [-0.15, -0.1) is 0 Å². The molecule has 0 aromatic heterocycles. The molecule has 72 heavy (non-hydrogen) atoms. The van der Waals surface area contributed by atoms with Crippen LogP contribution in [0.3, 0.4) is 0 Å². The molecule has 0 aliphatic heterocycles. The summed E-state index contributed by atoms with van der Waals surface area (Å²) < 4.78 is 0. The van der Waals surface area contributed by atoms with E-state index in [1.807, 2.05) is 0 Å². The standard InChI is InChI=1S/C64H24N8/c1-3-57(31-15-8-24-50-66)39-41-59(33-17-10-26-52-68)43-44-61(35-19-12-28-54-70)46-48-63(37-21-14-30-56-72)64(38-22-6-5-7-23-49-65)62(36-20-13-29-55-71)47-45-60(34-18-11-27-53-69)42-40-58(4-2)32-16-9-25-51-67/h3-4,41-42,44,47-48,64H,39-40,43,45-46H2,1-2H3/b57-3+,58-4+,59-41+,60-42+,61-44+,62-47+,63-48+. The lowest BCUT2D eigenvalue weighted by molar-refractivity contribution is 0.985. The van der Waals surface area contributed by atoms with Crippen LogP contribution in [-0.2, 0) is 0 Å². The first-order valence-electron chi connectivity index (χ1n) is 19.9. The van der Waals surface area contributed by atoms with E-state index >= 15 is 0 Å². The lowest BCUT2D eigenvalue weighted by atomic mass is 9.88. The minimum absolute atomic E-state index is 0.0571. The van der Waals surface area contributed by atoms with Crippen LogP contribution in [-0.4, -0.2) is 0 Å². The molecule has 0 aromatic carbocycles. The Hall–Kier alpha value is -13.4. The minimum Gasteiger partial charge on any atom is -0.183 e. The van der Waals surface area contributed by atoms with Gasteiger partial charge in [0, 0.05) is 140 Å². The zero-order valence-electron chi connectivity index (χ0n) is 38.2. The number of hydrogen-bond acceptors (Lipinski definition) is 8. The zero-order chi connectivity index (χ0) is 52.8. The average Bonchev–Trinajstić information content (AvgIpc) is 3.39.